The minimum absolute atomic E-state index is 0.606. The fraction of sp³-hybridized carbons (Fsp3) is 0. The van der Waals surface area contributed by atoms with E-state index in [0.717, 1.165) is 82.2 Å². The summed E-state index contributed by atoms with van der Waals surface area (Å²) in [4.78, 5) is 11.1. The summed E-state index contributed by atoms with van der Waals surface area (Å²) < 4.78 is 11.8. The van der Waals surface area contributed by atoms with Gasteiger partial charge < -0.3 is 8.82 Å². The van der Waals surface area contributed by atoms with Crippen LogP contribution in [0.2, 0.25) is 0 Å². The zero-order valence-corrected chi connectivity index (χ0v) is 30.4. The minimum atomic E-state index is 0.606. The lowest BCUT2D eigenvalue weighted by Gasteiger charge is -2.14. The predicted molar refractivity (Wildman–Crippen MR) is 236 cm³/mol. The van der Waals surface area contributed by atoms with Gasteiger partial charge in [-0.15, -0.1) is 0 Å². The van der Waals surface area contributed by atoms with Gasteiger partial charge in [0.1, 0.15) is 11.1 Å². The van der Waals surface area contributed by atoms with Gasteiger partial charge in [0.05, 0.1) is 33.3 Å². The van der Waals surface area contributed by atoms with Crippen molar-refractivity contribution in [3.63, 3.8) is 0 Å². The number of hydrogen-bond acceptors (Lipinski definition) is 3. The molecule has 0 atom stereocenters. The number of fused-ring (bicyclic) bond motifs is 14. The van der Waals surface area contributed by atoms with Gasteiger partial charge in [-0.25, -0.2) is 9.97 Å². The van der Waals surface area contributed by atoms with E-state index in [4.69, 9.17) is 14.4 Å². The van der Waals surface area contributed by atoms with E-state index in [1.54, 1.807) is 0 Å². The van der Waals surface area contributed by atoms with E-state index in [1.807, 2.05) is 6.07 Å². The van der Waals surface area contributed by atoms with Gasteiger partial charge in [0.2, 0.25) is 5.95 Å². The molecule has 0 fully saturated rings. The van der Waals surface area contributed by atoms with Gasteiger partial charge in [-0.2, -0.15) is 0 Å². The molecule has 14 aromatic rings. The first kappa shape index (κ1) is 29.6. The summed E-state index contributed by atoms with van der Waals surface area (Å²) in [6.45, 7) is 0. The fourth-order valence-corrected chi connectivity index (χ4v) is 10.1. The summed E-state index contributed by atoms with van der Waals surface area (Å²) in [5, 5.41) is 15.1. The molecule has 0 bridgehead atoms. The molecule has 0 aliphatic rings. The molecule has 5 aromatic heterocycles. The topological polar surface area (TPSA) is 48.3 Å². The largest absolute Gasteiger partial charge is 0.454 e. The third-order valence-electron chi connectivity index (χ3n) is 12.4. The molecule has 0 unspecified atom stereocenters. The summed E-state index contributed by atoms with van der Waals surface area (Å²) in [5.41, 5.74) is 10.0. The fourth-order valence-electron chi connectivity index (χ4n) is 10.1. The van der Waals surface area contributed by atoms with Crippen molar-refractivity contribution >= 4 is 114 Å². The Kier molecular flexibility index (Phi) is 5.45. The van der Waals surface area contributed by atoms with Crippen LogP contribution in [0.25, 0.3) is 131 Å². The maximum atomic E-state index is 6.98. The average Bonchev–Trinajstić information content (AvgIpc) is 3.91. The van der Waals surface area contributed by atoms with Crippen LogP contribution in [0.1, 0.15) is 0 Å². The van der Waals surface area contributed by atoms with E-state index >= 15 is 0 Å². The lowest BCUT2D eigenvalue weighted by molar-refractivity contribution is 0.671. The van der Waals surface area contributed by atoms with E-state index in [2.05, 4.69) is 173 Å². The summed E-state index contributed by atoms with van der Waals surface area (Å²) in [7, 11) is 0. The van der Waals surface area contributed by atoms with Crippen LogP contribution in [-0.4, -0.2) is 18.9 Å². The molecule has 5 nitrogen and oxygen atoms in total. The van der Waals surface area contributed by atoms with Crippen molar-refractivity contribution in [2.75, 3.05) is 0 Å². The number of nitrogens with zero attached hydrogens (tertiary/aromatic N) is 4. The number of hydrogen-bond donors (Lipinski definition) is 0. The van der Waals surface area contributed by atoms with Crippen molar-refractivity contribution in [3.05, 3.63) is 170 Å². The molecular weight excluding hydrogens is 697 g/mol. The van der Waals surface area contributed by atoms with Gasteiger partial charge in [-0.05, 0) is 45.8 Å². The number of para-hydroxylation sites is 2. The first-order chi connectivity index (χ1) is 28.3. The SMILES string of the molecule is c1ccc(-c2nc(-n3c4cccc5c6cccc7c8ccc9ccccc9c8n(c8cc9c%10ccccc%10oc9c3c8c54)c67)nc3ccc4ccccc4c23)cc1. The van der Waals surface area contributed by atoms with Crippen LogP contribution < -0.4 is 0 Å². The molecule has 5 heteroatoms. The molecule has 57 heavy (non-hydrogen) atoms. The van der Waals surface area contributed by atoms with Crippen LogP contribution >= 0.6 is 0 Å². The third kappa shape index (κ3) is 3.69. The van der Waals surface area contributed by atoms with Crippen molar-refractivity contribution in [3.8, 4) is 17.2 Å². The quantitative estimate of drug-likeness (QED) is 0.167. The van der Waals surface area contributed by atoms with Gasteiger partial charge in [0.15, 0.2) is 5.58 Å². The van der Waals surface area contributed by atoms with E-state index in [9.17, 15) is 0 Å². The van der Waals surface area contributed by atoms with E-state index in [1.165, 1.54) is 43.4 Å². The molecule has 0 amide bonds. The molecular formula is C52H28N4O. The summed E-state index contributed by atoms with van der Waals surface area (Å²) in [6, 6.07) is 60.9. The van der Waals surface area contributed by atoms with Crippen LogP contribution in [0.5, 0.6) is 0 Å². The average molecular weight is 725 g/mol. The molecule has 0 radical (unpaired) electrons. The molecule has 0 saturated heterocycles. The highest BCUT2D eigenvalue weighted by molar-refractivity contribution is 6.36. The lowest BCUT2D eigenvalue weighted by atomic mass is 10.0. The Morgan fingerprint density at radius 3 is 1.93 bits per heavy atom. The van der Waals surface area contributed by atoms with E-state index in [-0.39, 0.29) is 0 Å². The lowest BCUT2D eigenvalue weighted by Crippen LogP contribution is -2.04. The highest BCUT2D eigenvalue weighted by atomic mass is 16.3. The second kappa shape index (κ2) is 10.5. The molecule has 0 aliphatic heterocycles. The van der Waals surface area contributed by atoms with Crippen molar-refractivity contribution < 1.29 is 4.42 Å². The first-order valence-electron chi connectivity index (χ1n) is 19.4. The van der Waals surface area contributed by atoms with Crippen LogP contribution in [-0.2, 0) is 0 Å². The van der Waals surface area contributed by atoms with Crippen molar-refractivity contribution in [2.24, 2.45) is 0 Å². The second-order valence-electron chi connectivity index (χ2n) is 15.3. The maximum absolute atomic E-state index is 6.98. The Morgan fingerprint density at radius 2 is 1.05 bits per heavy atom. The zero-order chi connectivity index (χ0) is 36.9. The summed E-state index contributed by atoms with van der Waals surface area (Å²) in [5.74, 6) is 0.606. The molecule has 9 aromatic carbocycles. The predicted octanol–water partition coefficient (Wildman–Crippen LogP) is 13.7. The number of benzene rings is 9. The van der Waals surface area contributed by atoms with Crippen molar-refractivity contribution in [1.29, 1.82) is 0 Å². The normalized spacial score (nSPS) is 12.6. The molecule has 5 heterocycles. The zero-order valence-electron chi connectivity index (χ0n) is 30.4. The Bertz CT molecular complexity index is 4040. The Morgan fingerprint density at radius 1 is 0.404 bits per heavy atom. The second-order valence-corrected chi connectivity index (χ2v) is 15.3. The molecule has 14 rings (SSSR count). The van der Waals surface area contributed by atoms with Crippen LogP contribution in [0, 0.1) is 0 Å². The summed E-state index contributed by atoms with van der Waals surface area (Å²) in [6.07, 6.45) is 0. The van der Waals surface area contributed by atoms with Gasteiger partial charge in [0.25, 0.3) is 0 Å². The molecule has 0 saturated carbocycles. The van der Waals surface area contributed by atoms with E-state index < -0.39 is 0 Å². The monoisotopic (exact) mass is 724 g/mol. The van der Waals surface area contributed by atoms with Crippen molar-refractivity contribution in [2.45, 2.75) is 0 Å². The highest BCUT2D eigenvalue weighted by Crippen LogP contribution is 2.48. The highest BCUT2D eigenvalue weighted by Gasteiger charge is 2.28. The van der Waals surface area contributed by atoms with E-state index in [0.29, 0.717) is 5.95 Å². The van der Waals surface area contributed by atoms with Gasteiger partial charge in [0, 0.05) is 54.0 Å². The van der Waals surface area contributed by atoms with Crippen molar-refractivity contribution in [1.82, 2.24) is 18.9 Å². The summed E-state index contributed by atoms with van der Waals surface area (Å²) >= 11 is 0. The van der Waals surface area contributed by atoms with Gasteiger partial charge >= 0.3 is 0 Å². The Balaban J connectivity index is 1.28. The van der Waals surface area contributed by atoms with Crippen LogP contribution in [0.3, 0.4) is 0 Å². The Labute approximate surface area is 323 Å². The number of aromatic nitrogens is 4. The maximum Gasteiger partial charge on any atom is 0.235 e. The standard InChI is InChI=1S/C52H28N4O/c1-2-14-31(15-3-1)47-44-32-16-6-4-12-29(32)25-27-40(44)53-52(54-47)56-41-22-11-19-35-36-20-10-21-37-38-26-24-30-13-5-7-17-33(30)48(38)55(49(36)37)42-28-39-34-18-8-9-23-43(34)57-51(39)50(56)46(42)45(35)41/h1-28H. The minimum Gasteiger partial charge on any atom is -0.454 e. The molecule has 0 spiro atoms. The number of rotatable bonds is 2. The smallest absolute Gasteiger partial charge is 0.235 e. The van der Waals surface area contributed by atoms with Crippen LogP contribution in [0.15, 0.2) is 174 Å². The van der Waals surface area contributed by atoms with Gasteiger partial charge in [-0.1, -0.05) is 146 Å². The van der Waals surface area contributed by atoms with Crippen LogP contribution in [0.4, 0.5) is 0 Å². The molecule has 262 valence electrons. The molecule has 0 aliphatic carbocycles. The Hall–Kier alpha value is -7.76. The number of furan rings is 1. The molecule has 0 N–H and O–H groups in total. The van der Waals surface area contributed by atoms with Gasteiger partial charge in [-0.3, -0.25) is 4.57 Å². The first-order valence-corrected chi connectivity index (χ1v) is 19.4. The third-order valence-corrected chi connectivity index (χ3v) is 12.4.